The van der Waals surface area contributed by atoms with E-state index in [0.717, 1.165) is 22.4 Å². The van der Waals surface area contributed by atoms with Gasteiger partial charge in [0.2, 0.25) is 5.28 Å². The number of ether oxygens (including phenoxy) is 2. The van der Waals surface area contributed by atoms with Crippen LogP contribution >= 0.6 is 11.6 Å². The van der Waals surface area contributed by atoms with E-state index in [-0.39, 0.29) is 17.2 Å². The Bertz CT molecular complexity index is 1290. The number of fused-ring (bicyclic) bond motifs is 2. The molecule has 10 nitrogen and oxygen atoms in total. The second-order valence-electron chi connectivity index (χ2n) is 7.51. The van der Waals surface area contributed by atoms with Crippen LogP contribution in [0.4, 0.5) is 0 Å². The molecule has 4 heterocycles. The molecule has 0 radical (unpaired) electrons. The van der Waals surface area contributed by atoms with Gasteiger partial charge in [0.05, 0.1) is 35.1 Å². The molecule has 0 saturated heterocycles. The van der Waals surface area contributed by atoms with Crippen LogP contribution in [0.1, 0.15) is 51.8 Å². The van der Waals surface area contributed by atoms with Crippen molar-refractivity contribution in [3.63, 3.8) is 0 Å². The lowest BCUT2D eigenvalue weighted by Crippen LogP contribution is -2.06. The zero-order valence-electron chi connectivity index (χ0n) is 20.3. The van der Waals surface area contributed by atoms with Gasteiger partial charge in [-0.25, -0.2) is 24.5 Å². The lowest BCUT2D eigenvalue weighted by atomic mass is 10.2. The van der Waals surface area contributed by atoms with Crippen molar-refractivity contribution in [3.8, 4) is 0 Å². The fourth-order valence-electron chi connectivity index (χ4n) is 3.64. The summed E-state index contributed by atoms with van der Waals surface area (Å²) in [6.45, 7) is 9.80. The van der Waals surface area contributed by atoms with Crippen molar-refractivity contribution in [1.82, 2.24) is 29.1 Å². The molecule has 0 spiro atoms. The van der Waals surface area contributed by atoms with Crippen molar-refractivity contribution < 1.29 is 19.1 Å². The Balaban J connectivity index is 0.000000191. The molecule has 4 rings (SSSR count). The third-order valence-electron chi connectivity index (χ3n) is 5.49. The number of rotatable bonds is 4. The average molecular weight is 487 g/mol. The van der Waals surface area contributed by atoms with Gasteiger partial charge in [-0.1, -0.05) is 0 Å². The summed E-state index contributed by atoms with van der Waals surface area (Å²) in [7, 11) is 3.70. The van der Waals surface area contributed by atoms with E-state index in [2.05, 4.69) is 19.9 Å². The van der Waals surface area contributed by atoms with Crippen molar-refractivity contribution in [3.05, 3.63) is 46.0 Å². The molecule has 0 bridgehead atoms. The van der Waals surface area contributed by atoms with Gasteiger partial charge in [0.25, 0.3) is 0 Å². The van der Waals surface area contributed by atoms with E-state index in [1.54, 1.807) is 30.8 Å². The fraction of sp³-hybridized carbons (Fsp3) is 0.391. The molecular weight excluding hydrogens is 460 g/mol. The van der Waals surface area contributed by atoms with Crippen molar-refractivity contribution in [2.24, 2.45) is 14.1 Å². The van der Waals surface area contributed by atoms with E-state index in [0.29, 0.717) is 41.2 Å². The van der Waals surface area contributed by atoms with Crippen molar-refractivity contribution >= 4 is 45.6 Å². The van der Waals surface area contributed by atoms with Crippen LogP contribution < -0.4 is 0 Å². The smallest absolute Gasteiger partial charge is 0.340 e. The van der Waals surface area contributed by atoms with E-state index in [9.17, 15) is 9.59 Å². The first-order valence-corrected chi connectivity index (χ1v) is 11.1. The second kappa shape index (κ2) is 10.2. The molecule has 0 saturated carbocycles. The molecule has 11 heteroatoms. The first kappa shape index (κ1) is 25.1. The first-order valence-electron chi connectivity index (χ1n) is 10.7. The van der Waals surface area contributed by atoms with E-state index < -0.39 is 0 Å². The molecular formula is C23H27ClN6O4. The number of hydrogen-bond donors (Lipinski definition) is 0. The first-order chi connectivity index (χ1) is 16.1. The standard InChI is InChI=1S/C12H15N3O2.C11H12ClN3O2/c1-5-17-12(16)10-7(2)15(4)11-9(10)6-13-8(3)14-11;1-4-17-10(16)8-6(2)15(3)9-7(8)5-13-11(12)14-9/h6H,5H2,1-4H3;5H,4H2,1-3H3. The fourth-order valence-corrected chi connectivity index (χ4v) is 3.77. The van der Waals surface area contributed by atoms with Crippen LogP contribution in [0, 0.1) is 20.8 Å². The van der Waals surface area contributed by atoms with Crippen LogP contribution in [0.15, 0.2) is 12.4 Å². The second-order valence-corrected chi connectivity index (χ2v) is 7.85. The predicted octanol–water partition coefficient (Wildman–Crippen LogP) is 3.87. The molecule has 4 aromatic rings. The topological polar surface area (TPSA) is 114 Å². The van der Waals surface area contributed by atoms with E-state index in [1.165, 1.54) is 0 Å². The molecule has 0 aromatic carbocycles. The van der Waals surface area contributed by atoms with Crippen LogP contribution in [0.2, 0.25) is 5.28 Å². The maximum Gasteiger partial charge on any atom is 0.340 e. The average Bonchev–Trinajstić information content (AvgIpc) is 3.19. The van der Waals surface area contributed by atoms with Crippen LogP contribution in [0.5, 0.6) is 0 Å². The molecule has 0 atom stereocenters. The number of nitrogens with zero attached hydrogens (tertiary/aromatic N) is 6. The molecule has 180 valence electrons. The Hall–Kier alpha value is -3.53. The minimum Gasteiger partial charge on any atom is -0.462 e. The quantitative estimate of drug-likeness (QED) is 0.315. The summed E-state index contributed by atoms with van der Waals surface area (Å²) in [4.78, 5) is 40.2. The maximum atomic E-state index is 11.9. The largest absolute Gasteiger partial charge is 0.462 e. The molecule has 0 amide bonds. The van der Waals surface area contributed by atoms with E-state index in [1.807, 2.05) is 39.4 Å². The number of carbonyl (C=O) groups is 2. The highest BCUT2D eigenvalue weighted by atomic mass is 35.5. The number of carbonyl (C=O) groups excluding carboxylic acids is 2. The Morgan fingerprint density at radius 2 is 1.26 bits per heavy atom. The highest BCUT2D eigenvalue weighted by Crippen LogP contribution is 2.25. The molecule has 4 aromatic heterocycles. The highest BCUT2D eigenvalue weighted by molar-refractivity contribution is 6.28. The minimum absolute atomic E-state index is 0.161. The summed E-state index contributed by atoms with van der Waals surface area (Å²) in [6.07, 6.45) is 3.22. The molecule has 0 unspecified atom stereocenters. The summed E-state index contributed by atoms with van der Waals surface area (Å²) in [5.41, 5.74) is 4.09. The number of aryl methyl sites for hydroxylation is 3. The zero-order chi connectivity index (χ0) is 25.2. The molecule has 34 heavy (non-hydrogen) atoms. The van der Waals surface area contributed by atoms with E-state index in [4.69, 9.17) is 21.1 Å². The molecule has 0 N–H and O–H groups in total. The molecule has 0 aliphatic heterocycles. The van der Waals surface area contributed by atoms with Crippen LogP contribution in [0.3, 0.4) is 0 Å². The summed E-state index contributed by atoms with van der Waals surface area (Å²) >= 11 is 5.74. The van der Waals surface area contributed by atoms with Gasteiger partial charge in [-0.15, -0.1) is 0 Å². The number of esters is 2. The summed E-state index contributed by atoms with van der Waals surface area (Å²) < 4.78 is 13.8. The normalized spacial score (nSPS) is 10.8. The van der Waals surface area contributed by atoms with Crippen molar-refractivity contribution in [2.45, 2.75) is 34.6 Å². The van der Waals surface area contributed by atoms with Gasteiger partial charge in [0.15, 0.2) is 0 Å². The van der Waals surface area contributed by atoms with Gasteiger partial charge in [-0.05, 0) is 46.2 Å². The summed E-state index contributed by atoms with van der Waals surface area (Å²) in [5.74, 6) is 0.0121. The lowest BCUT2D eigenvalue weighted by Gasteiger charge is -2.01. The van der Waals surface area contributed by atoms with Gasteiger partial charge in [-0.2, -0.15) is 4.98 Å². The molecule has 0 fully saturated rings. The summed E-state index contributed by atoms with van der Waals surface area (Å²) in [6, 6.07) is 0. The number of aromatic nitrogens is 6. The van der Waals surface area contributed by atoms with Gasteiger partial charge in [0.1, 0.15) is 17.1 Å². The van der Waals surface area contributed by atoms with Crippen LogP contribution in [-0.4, -0.2) is 54.2 Å². The van der Waals surface area contributed by atoms with E-state index >= 15 is 0 Å². The summed E-state index contributed by atoms with van der Waals surface area (Å²) in [5, 5.41) is 1.57. The van der Waals surface area contributed by atoms with Gasteiger partial charge in [-0.3, -0.25) is 0 Å². The maximum absolute atomic E-state index is 11.9. The van der Waals surface area contributed by atoms with Gasteiger partial charge < -0.3 is 18.6 Å². The van der Waals surface area contributed by atoms with Gasteiger partial charge >= 0.3 is 11.9 Å². The third kappa shape index (κ3) is 4.58. The Kier molecular flexibility index (Phi) is 7.51. The Morgan fingerprint density at radius 1 is 0.824 bits per heavy atom. The highest BCUT2D eigenvalue weighted by Gasteiger charge is 2.22. The number of hydrogen-bond acceptors (Lipinski definition) is 8. The number of halogens is 1. The third-order valence-corrected chi connectivity index (χ3v) is 5.67. The monoisotopic (exact) mass is 486 g/mol. The Labute approximate surface area is 201 Å². The molecule has 0 aliphatic carbocycles. The predicted molar refractivity (Wildman–Crippen MR) is 128 cm³/mol. The zero-order valence-corrected chi connectivity index (χ0v) is 21.0. The SMILES string of the molecule is CCOC(=O)c1c(C)n(C)c2nc(C)ncc12.CCOC(=O)c1c(C)n(C)c2nc(Cl)ncc12. The lowest BCUT2D eigenvalue weighted by molar-refractivity contribution is 0.0517. The van der Waals surface area contributed by atoms with Crippen molar-refractivity contribution in [1.29, 1.82) is 0 Å². The van der Waals surface area contributed by atoms with Gasteiger partial charge in [0, 0.05) is 37.9 Å². The molecule has 0 aliphatic rings. The van der Waals surface area contributed by atoms with Crippen LogP contribution in [0.25, 0.3) is 22.1 Å². The Morgan fingerprint density at radius 3 is 1.74 bits per heavy atom. The van der Waals surface area contributed by atoms with Crippen molar-refractivity contribution in [2.75, 3.05) is 13.2 Å². The van der Waals surface area contributed by atoms with Crippen LogP contribution in [-0.2, 0) is 23.6 Å². The minimum atomic E-state index is -0.360.